The van der Waals surface area contributed by atoms with Crippen molar-refractivity contribution in [2.45, 2.75) is 26.8 Å². The van der Waals surface area contributed by atoms with Gasteiger partial charge in [0.15, 0.2) is 11.5 Å². The minimum absolute atomic E-state index is 0.0268. The van der Waals surface area contributed by atoms with Crippen LogP contribution in [0.4, 0.5) is 4.39 Å². The first kappa shape index (κ1) is 24.3. The Morgan fingerprint density at radius 1 is 1.21 bits per heavy atom. The molecule has 33 heavy (non-hydrogen) atoms. The number of hydrogen-bond acceptors (Lipinski definition) is 5. The van der Waals surface area contributed by atoms with Gasteiger partial charge in [-0.25, -0.2) is 4.39 Å². The monoisotopic (exact) mass is 488 g/mol. The van der Waals surface area contributed by atoms with Crippen LogP contribution in [0.5, 0.6) is 11.6 Å². The summed E-state index contributed by atoms with van der Waals surface area (Å²) in [5.74, 6) is -1.53. The second-order valence-corrected chi connectivity index (χ2v) is 8.09. The minimum Gasteiger partial charge on any atom is -0.494 e. The van der Waals surface area contributed by atoms with Gasteiger partial charge in [-0.15, -0.1) is 0 Å². The van der Waals surface area contributed by atoms with Gasteiger partial charge >= 0.3 is 0 Å². The van der Waals surface area contributed by atoms with Crippen LogP contribution in [-0.4, -0.2) is 22.1 Å². The molecule has 170 valence electrons. The Balaban J connectivity index is 2.14. The lowest BCUT2D eigenvalue weighted by atomic mass is 9.97. The molecule has 1 aromatic heterocycles. The zero-order valence-electron chi connectivity index (χ0n) is 17.8. The van der Waals surface area contributed by atoms with Gasteiger partial charge in [0, 0.05) is 5.56 Å². The SMILES string of the molecule is CCCOc1c(Cl)cc(C(=O)c2c(C)c(C#N)c(=O)n(Cc3ccc(F)cc3)c2O)cc1Cl. The lowest BCUT2D eigenvalue weighted by Gasteiger charge is -2.16. The van der Waals surface area contributed by atoms with Crippen LogP contribution in [0.1, 0.15) is 46.0 Å². The Bertz CT molecular complexity index is 1310. The Morgan fingerprint density at radius 3 is 2.36 bits per heavy atom. The van der Waals surface area contributed by atoms with Crippen LogP contribution >= 0.6 is 23.2 Å². The number of nitrogens with zero attached hydrogens (tertiary/aromatic N) is 2. The van der Waals surface area contributed by atoms with Crippen molar-refractivity contribution in [3.63, 3.8) is 0 Å². The quantitative estimate of drug-likeness (QED) is 0.458. The number of ether oxygens (including phenoxy) is 1. The van der Waals surface area contributed by atoms with E-state index in [0.717, 1.165) is 11.0 Å². The minimum atomic E-state index is -0.771. The summed E-state index contributed by atoms with van der Waals surface area (Å²) in [5, 5.41) is 20.6. The van der Waals surface area contributed by atoms with Crippen LogP contribution in [0.25, 0.3) is 0 Å². The third-order valence-electron chi connectivity index (χ3n) is 4.99. The zero-order chi connectivity index (χ0) is 24.3. The van der Waals surface area contributed by atoms with E-state index in [-0.39, 0.29) is 44.6 Å². The standard InChI is InChI=1S/C24H19Cl2FN2O4/c1-3-8-33-22-18(25)9-15(10-19(22)26)21(30)20-13(2)17(11-28)23(31)29(24(20)32)12-14-4-6-16(27)7-5-14/h4-7,9-10,32H,3,8,12H2,1-2H3. The number of carbonyl (C=O) groups is 1. The number of rotatable bonds is 7. The molecule has 0 saturated heterocycles. The van der Waals surface area contributed by atoms with Gasteiger partial charge in [-0.1, -0.05) is 42.3 Å². The second-order valence-electron chi connectivity index (χ2n) is 7.27. The van der Waals surface area contributed by atoms with E-state index in [1.165, 1.54) is 43.3 Å². The summed E-state index contributed by atoms with van der Waals surface area (Å²) in [6.45, 7) is 3.52. The summed E-state index contributed by atoms with van der Waals surface area (Å²) < 4.78 is 19.6. The first-order valence-corrected chi connectivity index (χ1v) is 10.7. The van der Waals surface area contributed by atoms with Crippen LogP contribution in [0.2, 0.25) is 10.0 Å². The molecule has 0 spiro atoms. The lowest BCUT2D eigenvalue weighted by Crippen LogP contribution is -2.27. The first-order chi connectivity index (χ1) is 15.7. The predicted molar refractivity (Wildman–Crippen MR) is 123 cm³/mol. The molecule has 0 aliphatic carbocycles. The van der Waals surface area contributed by atoms with Gasteiger partial charge in [0.05, 0.1) is 28.8 Å². The van der Waals surface area contributed by atoms with E-state index in [1.807, 2.05) is 6.92 Å². The van der Waals surface area contributed by atoms with Gasteiger partial charge < -0.3 is 9.84 Å². The molecule has 0 radical (unpaired) electrons. The summed E-state index contributed by atoms with van der Waals surface area (Å²) in [6, 6.07) is 9.77. The molecule has 1 heterocycles. The van der Waals surface area contributed by atoms with Crippen LogP contribution < -0.4 is 10.3 Å². The summed E-state index contributed by atoms with van der Waals surface area (Å²) in [7, 11) is 0. The predicted octanol–water partition coefficient (Wildman–Crippen LogP) is 5.25. The Kier molecular flexibility index (Phi) is 7.42. The number of halogens is 3. The van der Waals surface area contributed by atoms with E-state index in [1.54, 1.807) is 6.07 Å². The molecule has 6 nitrogen and oxygen atoms in total. The zero-order valence-corrected chi connectivity index (χ0v) is 19.3. The van der Waals surface area contributed by atoms with Gasteiger partial charge in [-0.2, -0.15) is 5.26 Å². The van der Waals surface area contributed by atoms with E-state index in [0.29, 0.717) is 12.2 Å². The van der Waals surface area contributed by atoms with E-state index in [9.17, 15) is 24.3 Å². The molecular weight excluding hydrogens is 470 g/mol. The maximum atomic E-state index is 13.4. The molecule has 0 saturated carbocycles. The number of aromatic nitrogens is 1. The number of hydrogen-bond donors (Lipinski definition) is 1. The molecule has 0 fully saturated rings. The smallest absolute Gasteiger partial charge is 0.271 e. The largest absolute Gasteiger partial charge is 0.494 e. The highest BCUT2D eigenvalue weighted by Gasteiger charge is 2.26. The highest BCUT2D eigenvalue weighted by atomic mass is 35.5. The Hall–Kier alpha value is -3.34. The third kappa shape index (κ3) is 4.87. The van der Waals surface area contributed by atoms with Crippen LogP contribution in [0, 0.1) is 24.1 Å². The lowest BCUT2D eigenvalue weighted by molar-refractivity contribution is 0.103. The Labute approximate surface area is 199 Å². The van der Waals surface area contributed by atoms with Crippen molar-refractivity contribution >= 4 is 29.0 Å². The fraction of sp³-hybridized carbons (Fsp3) is 0.208. The van der Waals surface area contributed by atoms with E-state index in [4.69, 9.17) is 27.9 Å². The molecule has 0 amide bonds. The van der Waals surface area contributed by atoms with Crippen molar-refractivity contribution in [3.8, 4) is 17.7 Å². The summed E-state index contributed by atoms with van der Waals surface area (Å²) in [5.41, 5.74) is -0.737. The van der Waals surface area contributed by atoms with E-state index in [2.05, 4.69) is 0 Å². The van der Waals surface area contributed by atoms with Gasteiger partial charge in [0.25, 0.3) is 5.56 Å². The molecule has 9 heteroatoms. The van der Waals surface area contributed by atoms with Gasteiger partial charge in [-0.05, 0) is 48.7 Å². The van der Waals surface area contributed by atoms with Crippen LogP contribution in [0.15, 0.2) is 41.2 Å². The number of benzene rings is 2. The van der Waals surface area contributed by atoms with Crippen LogP contribution in [0.3, 0.4) is 0 Å². The van der Waals surface area contributed by atoms with E-state index >= 15 is 0 Å². The molecule has 0 aliphatic rings. The molecule has 0 atom stereocenters. The molecule has 3 rings (SSSR count). The fourth-order valence-electron chi connectivity index (χ4n) is 3.32. The summed E-state index contributed by atoms with van der Waals surface area (Å²) >= 11 is 12.5. The van der Waals surface area contributed by atoms with Gasteiger partial charge in [0.2, 0.25) is 5.88 Å². The van der Waals surface area contributed by atoms with Gasteiger partial charge in [-0.3, -0.25) is 14.2 Å². The van der Waals surface area contributed by atoms with Crippen molar-refractivity contribution in [2.75, 3.05) is 6.61 Å². The molecule has 0 aliphatic heterocycles. The van der Waals surface area contributed by atoms with E-state index < -0.39 is 23.0 Å². The fourth-order valence-corrected chi connectivity index (χ4v) is 3.92. The van der Waals surface area contributed by atoms with Crippen molar-refractivity contribution in [1.82, 2.24) is 4.57 Å². The number of carbonyl (C=O) groups excluding carboxylic acids is 1. The average molecular weight is 489 g/mol. The molecule has 0 bridgehead atoms. The maximum absolute atomic E-state index is 13.4. The van der Waals surface area contributed by atoms with Gasteiger partial charge in [0.1, 0.15) is 17.4 Å². The first-order valence-electron chi connectivity index (χ1n) is 9.97. The van der Waals surface area contributed by atoms with Crippen LogP contribution in [-0.2, 0) is 6.54 Å². The molecule has 0 unspecified atom stereocenters. The molecule has 2 aromatic carbocycles. The third-order valence-corrected chi connectivity index (χ3v) is 5.55. The number of aromatic hydroxyl groups is 1. The molecule has 1 N–H and O–H groups in total. The Morgan fingerprint density at radius 2 is 1.82 bits per heavy atom. The molecular formula is C24H19Cl2FN2O4. The topological polar surface area (TPSA) is 92.3 Å². The van der Waals surface area contributed by atoms with Crippen molar-refractivity contribution in [2.24, 2.45) is 0 Å². The van der Waals surface area contributed by atoms with Crippen molar-refractivity contribution in [3.05, 3.63) is 90.4 Å². The highest BCUT2D eigenvalue weighted by molar-refractivity contribution is 6.38. The second kappa shape index (κ2) is 10.1. The summed E-state index contributed by atoms with van der Waals surface area (Å²) in [4.78, 5) is 26.2. The normalized spacial score (nSPS) is 10.7. The summed E-state index contributed by atoms with van der Waals surface area (Å²) in [6.07, 6.45) is 0.729. The maximum Gasteiger partial charge on any atom is 0.271 e. The van der Waals surface area contributed by atoms with Crippen molar-refractivity contribution < 1.29 is 19.0 Å². The number of ketones is 1. The highest BCUT2D eigenvalue weighted by Crippen LogP contribution is 2.36. The molecule has 3 aromatic rings. The van der Waals surface area contributed by atoms with Crippen molar-refractivity contribution in [1.29, 1.82) is 5.26 Å². The number of pyridine rings is 1. The number of nitriles is 1. The average Bonchev–Trinajstić information content (AvgIpc) is 2.77.